The summed E-state index contributed by atoms with van der Waals surface area (Å²) in [7, 11) is -6.88. The van der Waals surface area contributed by atoms with Gasteiger partial charge in [-0.25, -0.2) is 16.8 Å². The summed E-state index contributed by atoms with van der Waals surface area (Å²) in [5.41, 5.74) is 0. The van der Waals surface area contributed by atoms with E-state index >= 15 is 0 Å². The second-order valence-electron chi connectivity index (χ2n) is 5.04. The summed E-state index contributed by atoms with van der Waals surface area (Å²) in [5, 5.41) is 2.31. The Morgan fingerprint density at radius 2 is 0.917 bits per heavy atom. The summed E-state index contributed by atoms with van der Waals surface area (Å²) in [6.07, 6.45) is 3.93. The molecule has 0 bridgehead atoms. The molecule has 0 aliphatic rings. The first kappa shape index (κ1) is 18.2. The maximum Gasteiger partial charge on any atom is 0.199 e. The second-order valence-corrected chi connectivity index (χ2v) is 8.70. The van der Waals surface area contributed by atoms with Crippen molar-refractivity contribution in [3.8, 4) is 0 Å². The molecule has 0 spiro atoms. The van der Waals surface area contributed by atoms with Crippen LogP contribution >= 0.6 is 0 Å². The lowest BCUT2D eigenvalue weighted by Gasteiger charge is -1.98. The Kier molecular flexibility index (Phi) is 6.11. The molecule has 2 aromatic rings. The van der Waals surface area contributed by atoms with Crippen LogP contribution in [0, 0.1) is 0 Å². The number of benzene rings is 2. The minimum absolute atomic E-state index is 0.239. The topological polar surface area (TPSA) is 68.3 Å². The van der Waals surface area contributed by atoms with Crippen molar-refractivity contribution in [1.82, 2.24) is 0 Å². The van der Waals surface area contributed by atoms with E-state index in [9.17, 15) is 16.8 Å². The van der Waals surface area contributed by atoms with Crippen LogP contribution in [0.1, 0.15) is 12.8 Å². The fourth-order valence-corrected chi connectivity index (χ4v) is 4.13. The minimum Gasteiger partial charge on any atom is -0.219 e. The first-order valence-corrected chi connectivity index (χ1v) is 10.4. The predicted molar refractivity (Wildman–Crippen MR) is 94.8 cm³/mol. The highest BCUT2D eigenvalue weighted by atomic mass is 32.2. The summed E-state index contributed by atoms with van der Waals surface area (Å²) in [6.45, 7) is 0. The fourth-order valence-electron chi connectivity index (χ4n) is 1.96. The van der Waals surface area contributed by atoms with Gasteiger partial charge in [0.15, 0.2) is 19.7 Å². The molecule has 0 aromatic heterocycles. The molecule has 0 unspecified atom stereocenters. The zero-order chi connectivity index (χ0) is 17.5. The molecule has 4 nitrogen and oxygen atoms in total. The molecule has 0 aliphatic carbocycles. The van der Waals surface area contributed by atoms with Crippen molar-refractivity contribution in [2.75, 3.05) is 0 Å². The van der Waals surface area contributed by atoms with Gasteiger partial charge >= 0.3 is 0 Å². The van der Waals surface area contributed by atoms with Crippen molar-refractivity contribution >= 4 is 19.7 Å². The largest absolute Gasteiger partial charge is 0.219 e. The van der Waals surface area contributed by atoms with Crippen LogP contribution in [0.2, 0.25) is 0 Å². The summed E-state index contributed by atoms with van der Waals surface area (Å²) in [6, 6.07) is 16.3. The Morgan fingerprint density at radius 1 is 0.583 bits per heavy atom. The van der Waals surface area contributed by atoms with Crippen LogP contribution in [-0.2, 0) is 19.7 Å². The van der Waals surface area contributed by atoms with E-state index in [0.717, 1.165) is 10.8 Å². The molecule has 0 saturated heterocycles. The molecule has 24 heavy (non-hydrogen) atoms. The molecule has 0 radical (unpaired) electrons. The average Bonchev–Trinajstić information content (AvgIpc) is 2.59. The Bertz CT molecular complexity index is 832. The molecule has 0 amide bonds. The molecule has 2 rings (SSSR count). The predicted octanol–water partition coefficient (Wildman–Crippen LogP) is 3.74. The van der Waals surface area contributed by atoms with Crippen molar-refractivity contribution < 1.29 is 16.8 Å². The van der Waals surface area contributed by atoms with Crippen molar-refractivity contribution in [2.24, 2.45) is 0 Å². The van der Waals surface area contributed by atoms with E-state index < -0.39 is 19.7 Å². The van der Waals surface area contributed by atoms with E-state index in [1.807, 2.05) is 0 Å². The zero-order valence-corrected chi connectivity index (χ0v) is 14.6. The molecule has 0 heterocycles. The number of rotatable bonds is 7. The van der Waals surface area contributed by atoms with Crippen molar-refractivity contribution in [2.45, 2.75) is 22.6 Å². The average molecular weight is 362 g/mol. The van der Waals surface area contributed by atoms with Crippen LogP contribution < -0.4 is 0 Å². The highest BCUT2D eigenvalue weighted by Gasteiger charge is 2.09. The van der Waals surface area contributed by atoms with E-state index in [1.165, 1.54) is 36.4 Å². The first-order valence-electron chi connectivity index (χ1n) is 7.35. The Morgan fingerprint density at radius 3 is 1.25 bits per heavy atom. The molecule has 2 aromatic carbocycles. The zero-order valence-electron chi connectivity index (χ0n) is 12.9. The monoisotopic (exact) mass is 362 g/mol. The van der Waals surface area contributed by atoms with Gasteiger partial charge in [0.25, 0.3) is 0 Å². The van der Waals surface area contributed by atoms with Crippen LogP contribution in [0.25, 0.3) is 0 Å². The summed E-state index contributed by atoms with van der Waals surface area (Å²) >= 11 is 0. The van der Waals surface area contributed by atoms with E-state index in [1.54, 1.807) is 36.4 Å². The van der Waals surface area contributed by atoms with Crippen LogP contribution in [0.3, 0.4) is 0 Å². The van der Waals surface area contributed by atoms with Gasteiger partial charge in [0.2, 0.25) is 0 Å². The number of hydrogen-bond donors (Lipinski definition) is 0. The quantitative estimate of drug-likeness (QED) is 0.704. The molecule has 6 heteroatoms. The molecular formula is C18H18O4S2. The molecule has 0 saturated carbocycles. The van der Waals surface area contributed by atoms with Gasteiger partial charge < -0.3 is 0 Å². The van der Waals surface area contributed by atoms with Gasteiger partial charge in [0.1, 0.15) is 0 Å². The van der Waals surface area contributed by atoms with Crippen molar-refractivity contribution in [3.63, 3.8) is 0 Å². The third kappa shape index (κ3) is 5.18. The summed E-state index contributed by atoms with van der Waals surface area (Å²) in [5.74, 6) is 0. The van der Waals surface area contributed by atoms with Gasteiger partial charge in [-0.2, -0.15) is 0 Å². The van der Waals surface area contributed by atoms with E-state index in [-0.39, 0.29) is 9.79 Å². The van der Waals surface area contributed by atoms with Gasteiger partial charge in [-0.3, -0.25) is 0 Å². The van der Waals surface area contributed by atoms with Gasteiger partial charge in [0.05, 0.1) is 9.79 Å². The number of hydrogen-bond acceptors (Lipinski definition) is 4. The second kappa shape index (κ2) is 8.08. The maximum absolute atomic E-state index is 12.0. The maximum atomic E-state index is 12.0. The van der Waals surface area contributed by atoms with Crippen molar-refractivity contribution in [1.29, 1.82) is 0 Å². The van der Waals surface area contributed by atoms with Gasteiger partial charge in [0, 0.05) is 10.8 Å². The highest BCUT2D eigenvalue weighted by molar-refractivity contribution is 7.94. The highest BCUT2D eigenvalue weighted by Crippen LogP contribution is 2.13. The number of unbranched alkanes of at least 4 members (excludes halogenated alkanes) is 1. The smallest absolute Gasteiger partial charge is 0.199 e. The van der Waals surface area contributed by atoms with E-state index in [0.29, 0.717) is 12.8 Å². The lowest BCUT2D eigenvalue weighted by Crippen LogP contribution is -1.95. The molecule has 126 valence electrons. The lowest BCUT2D eigenvalue weighted by atomic mass is 10.3. The van der Waals surface area contributed by atoms with Crippen LogP contribution in [-0.4, -0.2) is 16.8 Å². The van der Waals surface area contributed by atoms with E-state index in [4.69, 9.17) is 0 Å². The standard InChI is InChI=1S/C18H18O4S2/c19-23(20,17-11-5-3-6-12-17)15-9-1-2-10-16-24(21,22)18-13-7-4-8-14-18/h3-16H,1-2H2/b15-9+,16-10+. The molecule has 0 atom stereocenters. The molecule has 0 fully saturated rings. The summed E-state index contributed by atoms with van der Waals surface area (Å²) < 4.78 is 48.0. The Labute approximate surface area is 143 Å². The molecular weight excluding hydrogens is 344 g/mol. The van der Waals surface area contributed by atoms with Crippen LogP contribution in [0.15, 0.2) is 93.4 Å². The summed E-state index contributed by atoms with van der Waals surface area (Å²) in [4.78, 5) is 0.479. The normalized spacial score (nSPS) is 12.8. The fraction of sp³-hybridized carbons (Fsp3) is 0.111. The number of sulfone groups is 2. The van der Waals surface area contributed by atoms with Gasteiger partial charge in [-0.1, -0.05) is 48.6 Å². The SMILES string of the molecule is O=S(=O)(/C=C/CC/C=C/S(=O)(=O)c1ccccc1)c1ccccc1. The van der Waals surface area contributed by atoms with E-state index in [2.05, 4.69) is 0 Å². The van der Waals surface area contributed by atoms with Crippen LogP contribution in [0.4, 0.5) is 0 Å². The Balaban J connectivity index is 1.91. The lowest BCUT2D eigenvalue weighted by molar-refractivity contribution is 0.602. The van der Waals surface area contributed by atoms with Gasteiger partial charge in [-0.05, 0) is 37.1 Å². The third-order valence-electron chi connectivity index (χ3n) is 3.19. The van der Waals surface area contributed by atoms with Crippen molar-refractivity contribution in [3.05, 3.63) is 83.6 Å². The minimum atomic E-state index is -3.44. The molecule has 0 aliphatic heterocycles. The third-order valence-corrected chi connectivity index (χ3v) is 6.15. The number of allylic oxidation sites excluding steroid dienone is 2. The first-order chi connectivity index (χ1) is 11.4. The van der Waals surface area contributed by atoms with Gasteiger partial charge in [-0.15, -0.1) is 0 Å². The van der Waals surface area contributed by atoms with Crippen LogP contribution in [0.5, 0.6) is 0 Å². The molecule has 0 N–H and O–H groups in total. The Hall–Kier alpha value is -2.18.